The number of rotatable bonds is 8. The van der Waals surface area contributed by atoms with E-state index in [1.54, 1.807) is 0 Å². The minimum atomic E-state index is -0.127. The van der Waals surface area contributed by atoms with Gasteiger partial charge in [0.25, 0.3) is 0 Å². The van der Waals surface area contributed by atoms with Crippen molar-refractivity contribution < 1.29 is 13.9 Å². The minimum Gasteiger partial charge on any atom is -0.492 e. The number of nitrogens with one attached hydrogen (secondary N) is 1. The zero-order valence-corrected chi connectivity index (χ0v) is 19.5. The molecular weight excluding hydrogens is 414 g/mol. The lowest BCUT2D eigenvalue weighted by molar-refractivity contribution is 0.115. The third-order valence-corrected chi connectivity index (χ3v) is 6.06. The molecule has 3 aromatic rings. The summed E-state index contributed by atoms with van der Waals surface area (Å²) in [7, 11) is 0. The summed E-state index contributed by atoms with van der Waals surface area (Å²) in [5.41, 5.74) is 2.01. The van der Waals surface area contributed by atoms with E-state index in [9.17, 15) is 4.79 Å². The van der Waals surface area contributed by atoms with Crippen LogP contribution in [0.25, 0.3) is 0 Å². The first-order valence-electron chi connectivity index (χ1n) is 11.7. The highest BCUT2D eigenvalue weighted by Crippen LogP contribution is 2.26. The number of likely N-dealkylation sites (tertiary alicyclic amines) is 1. The molecule has 2 amide bonds. The Hall–Kier alpha value is -3.25. The van der Waals surface area contributed by atoms with Crippen molar-refractivity contribution in [1.29, 1.82) is 0 Å². The number of ether oxygens (including phenoxy) is 1. The number of urea groups is 1. The first kappa shape index (κ1) is 22.9. The number of benzene rings is 2. The highest BCUT2D eigenvalue weighted by atomic mass is 16.5. The fraction of sp³-hybridized carbons (Fsp3) is 0.370. The van der Waals surface area contributed by atoms with Crippen LogP contribution in [-0.4, -0.2) is 41.6 Å². The van der Waals surface area contributed by atoms with Gasteiger partial charge in [-0.05, 0) is 56.5 Å². The van der Waals surface area contributed by atoms with Crippen LogP contribution >= 0.6 is 0 Å². The van der Waals surface area contributed by atoms with Gasteiger partial charge in [0.05, 0.1) is 18.8 Å². The third-order valence-electron chi connectivity index (χ3n) is 6.06. The molecule has 6 nitrogen and oxygen atoms in total. The number of carbonyl (C=O) groups excluding carboxylic acids is 1. The smallest absolute Gasteiger partial charge is 0.322 e. The molecule has 0 bridgehead atoms. The summed E-state index contributed by atoms with van der Waals surface area (Å²) >= 11 is 0. The van der Waals surface area contributed by atoms with E-state index in [2.05, 4.69) is 34.5 Å². The quantitative estimate of drug-likeness (QED) is 0.482. The topological polar surface area (TPSA) is 58.0 Å². The first-order chi connectivity index (χ1) is 16.1. The lowest BCUT2D eigenvalue weighted by Crippen LogP contribution is -2.48. The van der Waals surface area contributed by atoms with Crippen LogP contribution in [0.2, 0.25) is 0 Å². The molecule has 1 fully saturated rings. The maximum Gasteiger partial charge on any atom is 0.322 e. The average molecular weight is 448 g/mol. The largest absolute Gasteiger partial charge is 0.492 e. The highest BCUT2D eigenvalue weighted by molar-refractivity contribution is 5.91. The van der Waals surface area contributed by atoms with E-state index in [0.29, 0.717) is 24.6 Å². The van der Waals surface area contributed by atoms with E-state index in [4.69, 9.17) is 9.15 Å². The number of anilines is 1. The van der Waals surface area contributed by atoms with Crippen molar-refractivity contribution in [2.75, 3.05) is 25.0 Å². The van der Waals surface area contributed by atoms with Crippen LogP contribution in [0.5, 0.6) is 5.75 Å². The summed E-state index contributed by atoms with van der Waals surface area (Å²) < 4.78 is 11.5. The van der Waals surface area contributed by atoms with E-state index >= 15 is 0 Å². The Kier molecular flexibility index (Phi) is 7.68. The Morgan fingerprint density at radius 3 is 2.48 bits per heavy atom. The van der Waals surface area contributed by atoms with E-state index in [-0.39, 0.29) is 12.1 Å². The average Bonchev–Trinajstić information content (AvgIpc) is 3.25. The molecule has 1 aliphatic heterocycles. The van der Waals surface area contributed by atoms with E-state index < -0.39 is 0 Å². The molecule has 2 heterocycles. The monoisotopic (exact) mass is 447 g/mol. The number of para-hydroxylation sites is 2. The van der Waals surface area contributed by atoms with Gasteiger partial charge in [0, 0.05) is 25.7 Å². The molecule has 1 N–H and O–H groups in total. The first-order valence-corrected chi connectivity index (χ1v) is 11.7. The fourth-order valence-corrected chi connectivity index (χ4v) is 4.37. The number of hydrogen-bond acceptors (Lipinski definition) is 4. The van der Waals surface area contributed by atoms with Crippen molar-refractivity contribution in [2.24, 2.45) is 0 Å². The number of piperidine rings is 1. The van der Waals surface area contributed by atoms with Crippen molar-refractivity contribution in [2.45, 2.75) is 45.8 Å². The third kappa shape index (κ3) is 6.17. The van der Waals surface area contributed by atoms with Crippen LogP contribution in [0.4, 0.5) is 10.5 Å². The number of amides is 2. The van der Waals surface area contributed by atoms with Gasteiger partial charge >= 0.3 is 6.03 Å². The van der Waals surface area contributed by atoms with E-state index in [1.165, 1.54) is 5.56 Å². The summed E-state index contributed by atoms with van der Waals surface area (Å²) in [6, 6.07) is 22.0. The zero-order chi connectivity index (χ0) is 23.0. The Labute approximate surface area is 196 Å². The van der Waals surface area contributed by atoms with Crippen molar-refractivity contribution >= 4 is 11.7 Å². The van der Waals surface area contributed by atoms with Gasteiger partial charge in [-0.25, -0.2) is 4.79 Å². The molecule has 2 aromatic carbocycles. The van der Waals surface area contributed by atoms with Gasteiger partial charge < -0.3 is 19.4 Å². The van der Waals surface area contributed by atoms with Crippen LogP contribution in [0.3, 0.4) is 0 Å². The maximum atomic E-state index is 13.5. The van der Waals surface area contributed by atoms with Crippen LogP contribution < -0.4 is 10.1 Å². The fourth-order valence-electron chi connectivity index (χ4n) is 4.37. The molecule has 0 saturated carbocycles. The molecule has 0 radical (unpaired) electrons. The van der Waals surface area contributed by atoms with Crippen LogP contribution in [-0.2, 0) is 13.1 Å². The lowest BCUT2D eigenvalue weighted by Gasteiger charge is -2.38. The Morgan fingerprint density at radius 1 is 1.06 bits per heavy atom. The van der Waals surface area contributed by atoms with Crippen LogP contribution in [0.15, 0.2) is 71.1 Å². The maximum absolute atomic E-state index is 13.5. The number of aryl methyl sites for hydroxylation is 1. The Bertz CT molecular complexity index is 1030. The van der Waals surface area contributed by atoms with E-state index in [0.717, 1.165) is 44.0 Å². The second-order valence-electron chi connectivity index (χ2n) is 8.49. The van der Waals surface area contributed by atoms with Crippen molar-refractivity contribution in [3.63, 3.8) is 0 Å². The SMILES string of the molecule is CCOc1ccccc1NC(=O)N(Cc1ccc(C)o1)C1CCN(Cc2ccccc2)CC1. The van der Waals surface area contributed by atoms with Gasteiger partial charge in [-0.15, -0.1) is 0 Å². The molecule has 0 unspecified atom stereocenters. The summed E-state index contributed by atoms with van der Waals surface area (Å²) in [4.78, 5) is 17.8. The molecule has 33 heavy (non-hydrogen) atoms. The van der Waals surface area contributed by atoms with E-state index in [1.807, 2.05) is 61.2 Å². The van der Waals surface area contributed by atoms with Gasteiger partial charge in [-0.3, -0.25) is 4.90 Å². The van der Waals surface area contributed by atoms with Crippen molar-refractivity contribution in [3.05, 3.63) is 83.8 Å². The van der Waals surface area contributed by atoms with Crippen molar-refractivity contribution in [1.82, 2.24) is 9.80 Å². The summed E-state index contributed by atoms with van der Waals surface area (Å²) in [5, 5.41) is 3.08. The molecule has 1 saturated heterocycles. The number of nitrogens with zero attached hydrogens (tertiary/aromatic N) is 2. The van der Waals surface area contributed by atoms with Gasteiger partial charge in [0.15, 0.2) is 0 Å². The Morgan fingerprint density at radius 2 is 1.79 bits per heavy atom. The molecule has 4 rings (SSSR count). The molecular formula is C27H33N3O3. The number of furan rings is 1. The molecule has 174 valence electrons. The standard InChI is InChI=1S/C27H33N3O3/c1-3-32-26-12-8-7-11-25(26)28-27(31)30(20-24-14-13-21(2)33-24)23-15-17-29(18-16-23)19-22-9-5-4-6-10-22/h4-14,23H,3,15-20H2,1-2H3,(H,28,31). The van der Waals surface area contributed by atoms with Gasteiger partial charge in [0.1, 0.15) is 17.3 Å². The van der Waals surface area contributed by atoms with Gasteiger partial charge in [-0.1, -0.05) is 42.5 Å². The lowest BCUT2D eigenvalue weighted by atomic mass is 10.0. The van der Waals surface area contributed by atoms with Crippen LogP contribution in [0.1, 0.15) is 36.8 Å². The molecule has 1 aromatic heterocycles. The molecule has 0 spiro atoms. The molecule has 0 atom stereocenters. The number of hydrogen-bond donors (Lipinski definition) is 1. The molecule has 1 aliphatic rings. The van der Waals surface area contributed by atoms with Gasteiger partial charge in [-0.2, -0.15) is 0 Å². The van der Waals surface area contributed by atoms with Gasteiger partial charge in [0.2, 0.25) is 0 Å². The summed E-state index contributed by atoms with van der Waals surface area (Å²) in [6.45, 7) is 7.70. The minimum absolute atomic E-state index is 0.127. The second kappa shape index (κ2) is 11.1. The second-order valence-corrected chi connectivity index (χ2v) is 8.49. The predicted molar refractivity (Wildman–Crippen MR) is 130 cm³/mol. The van der Waals surface area contributed by atoms with Crippen LogP contribution in [0, 0.1) is 6.92 Å². The normalized spacial score (nSPS) is 14.7. The summed E-state index contributed by atoms with van der Waals surface area (Å²) in [5.74, 6) is 2.33. The zero-order valence-electron chi connectivity index (χ0n) is 19.5. The molecule has 6 heteroatoms. The predicted octanol–water partition coefficient (Wildman–Crippen LogP) is 5.69. The summed E-state index contributed by atoms with van der Waals surface area (Å²) in [6.07, 6.45) is 1.85. The number of carbonyl (C=O) groups is 1. The highest BCUT2D eigenvalue weighted by Gasteiger charge is 2.29. The molecule has 0 aliphatic carbocycles. The Balaban J connectivity index is 1.45. The van der Waals surface area contributed by atoms with Crippen molar-refractivity contribution in [3.8, 4) is 5.75 Å².